The monoisotopic (exact) mass is 439 g/mol. The van der Waals surface area contributed by atoms with Crippen LogP contribution in [0.2, 0.25) is 0 Å². The molecule has 29 heavy (non-hydrogen) atoms. The van der Waals surface area contributed by atoms with Gasteiger partial charge in [0.1, 0.15) is 5.75 Å². The second-order valence-corrected chi connectivity index (χ2v) is 10.6. The van der Waals surface area contributed by atoms with E-state index in [0.29, 0.717) is 11.3 Å². The third-order valence-electron chi connectivity index (χ3n) is 3.83. The number of benzene rings is 2. The average Bonchev–Trinajstić information content (AvgIpc) is 2.62. The topological polar surface area (TPSA) is 105 Å². The Morgan fingerprint density at radius 2 is 1.59 bits per heavy atom. The molecule has 0 amide bonds. The standard InChI is InChI=1S/C19H25N3O5S2/c1-14(2)27-19-11-10-18(29(25,26)22(4)5)12-16(19)13-20-21-28(23,24)17-8-6-15(3)7-9-17/h6-14,21H,1-5H3/b20-13-. The van der Waals surface area contributed by atoms with Crippen molar-refractivity contribution < 1.29 is 21.6 Å². The molecule has 0 spiro atoms. The summed E-state index contributed by atoms with van der Waals surface area (Å²) in [6, 6.07) is 10.7. The van der Waals surface area contributed by atoms with E-state index in [1.165, 1.54) is 50.6 Å². The van der Waals surface area contributed by atoms with Gasteiger partial charge in [-0.3, -0.25) is 0 Å². The van der Waals surface area contributed by atoms with E-state index in [-0.39, 0.29) is 15.9 Å². The summed E-state index contributed by atoms with van der Waals surface area (Å²) in [6.45, 7) is 5.50. The molecule has 0 aliphatic carbocycles. The lowest BCUT2D eigenvalue weighted by Gasteiger charge is -2.15. The first kappa shape index (κ1) is 22.9. The van der Waals surface area contributed by atoms with Gasteiger partial charge in [-0.2, -0.15) is 13.5 Å². The molecular formula is C19H25N3O5S2. The Labute approximate surface area is 172 Å². The number of ether oxygens (including phenoxy) is 1. The molecule has 1 N–H and O–H groups in total. The number of hydrazone groups is 1. The summed E-state index contributed by atoms with van der Waals surface area (Å²) in [6.07, 6.45) is 1.06. The normalized spacial score (nSPS) is 12.7. The van der Waals surface area contributed by atoms with E-state index >= 15 is 0 Å². The zero-order valence-electron chi connectivity index (χ0n) is 16.9. The van der Waals surface area contributed by atoms with Crippen LogP contribution >= 0.6 is 0 Å². The van der Waals surface area contributed by atoms with Gasteiger partial charge in [0.25, 0.3) is 10.0 Å². The minimum atomic E-state index is -3.85. The van der Waals surface area contributed by atoms with Crippen molar-refractivity contribution in [3.05, 3.63) is 53.6 Å². The second kappa shape index (κ2) is 8.93. The summed E-state index contributed by atoms with van der Waals surface area (Å²) in [7, 11) is -4.66. The highest BCUT2D eigenvalue weighted by atomic mass is 32.2. The van der Waals surface area contributed by atoms with Crippen LogP contribution in [0.4, 0.5) is 0 Å². The van der Waals surface area contributed by atoms with Gasteiger partial charge in [-0.25, -0.2) is 17.6 Å². The zero-order valence-corrected chi connectivity index (χ0v) is 18.6. The van der Waals surface area contributed by atoms with Gasteiger partial charge in [0.05, 0.1) is 22.1 Å². The molecule has 0 aliphatic heterocycles. The molecule has 158 valence electrons. The first-order valence-corrected chi connectivity index (χ1v) is 11.7. The van der Waals surface area contributed by atoms with E-state index < -0.39 is 20.0 Å². The molecule has 0 saturated carbocycles. The zero-order chi connectivity index (χ0) is 21.8. The van der Waals surface area contributed by atoms with E-state index in [1.807, 2.05) is 20.8 Å². The van der Waals surface area contributed by atoms with Crippen molar-refractivity contribution in [2.24, 2.45) is 5.10 Å². The number of hydrogen-bond acceptors (Lipinski definition) is 6. The van der Waals surface area contributed by atoms with Crippen LogP contribution < -0.4 is 9.57 Å². The Kier molecular flexibility index (Phi) is 7.04. The molecule has 2 aromatic rings. The smallest absolute Gasteiger partial charge is 0.276 e. The van der Waals surface area contributed by atoms with Crippen LogP contribution in [0.25, 0.3) is 0 Å². The van der Waals surface area contributed by atoms with Gasteiger partial charge in [-0.1, -0.05) is 17.7 Å². The first-order chi connectivity index (χ1) is 13.4. The summed E-state index contributed by atoms with van der Waals surface area (Å²) in [5.41, 5.74) is 1.26. The second-order valence-electron chi connectivity index (χ2n) is 6.82. The fraction of sp³-hybridized carbons (Fsp3) is 0.316. The van der Waals surface area contributed by atoms with Crippen molar-refractivity contribution in [1.29, 1.82) is 0 Å². The molecular weight excluding hydrogens is 414 g/mol. The summed E-state index contributed by atoms with van der Waals surface area (Å²) in [5, 5.41) is 3.80. The summed E-state index contributed by atoms with van der Waals surface area (Å²) >= 11 is 0. The predicted octanol–water partition coefficient (Wildman–Crippen LogP) is 2.34. The molecule has 0 bridgehead atoms. The van der Waals surface area contributed by atoms with Crippen LogP contribution in [-0.4, -0.2) is 47.6 Å². The SMILES string of the molecule is Cc1ccc(S(=O)(=O)N/N=C\c2cc(S(=O)(=O)N(C)C)ccc2OC(C)C)cc1. The Bertz CT molecular complexity index is 1090. The fourth-order valence-corrected chi connectivity index (χ4v) is 4.02. The van der Waals surface area contributed by atoms with Gasteiger partial charge in [-0.15, -0.1) is 0 Å². The van der Waals surface area contributed by atoms with Crippen LogP contribution in [0.15, 0.2) is 57.4 Å². The molecule has 0 atom stereocenters. The van der Waals surface area contributed by atoms with Crippen molar-refractivity contribution in [2.45, 2.75) is 36.7 Å². The van der Waals surface area contributed by atoms with Crippen molar-refractivity contribution in [2.75, 3.05) is 14.1 Å². The third kappa shape index (κ3) is 5.78. The molecule has 0 aliphatic rings. The van der Waals surface area contributed by atoms with Crippen LogP contribution in [0, 0.1) is 6.92 Å². The number of hydrogen-bond donors (Lipinski definition) is 1. The Morgan fingerprint density at radius 3 is 2.14 bits per heavy atom. The van der Waals surface area contributed by atoms with E-state index in [1.54, 1.807) is 12.1 Å². The van der Waals surface area contributed by atoms with Crippen LogP contribution in [0.5, 0.6) is 5.75 Å². The van der Waals surface area contributed by atoms with Gasteiger partial charge in [0.15, 0.2) is 0 Å². The molecule has 0 saturated heterocycles. The van der Waals surface area contributed by atoms with Crippen LogP contribution in [0.3, 0.4) is 0 Å². The van der Waals surface area contributed by atoms with E-state index in [4.69, 9.17) is 4.74 Å². The maximum Gasteiger partial charge on any atom is 0.276 e. The Morgan fingerprint density at radius 1 is 1.00 bits per heavy atom. The number of nitrogens with one attached hydrogen (secondary N) is 1. The highest BCUT2D eigenvalue weighted by Gasteiger charge is 2.19. The first-order valence-electron chi connectivity index (χ1n) is 8.78. The van der Waals surface area contributed by atoms with Gasteiger partial charge in [-0.05, 0) is 51.1 Å². The number of nitrogens with zero attached hydrogens (tertiary/aromatic N) is 2. The lowest BCUT2D eigenvalue weighted by molar-refractivity contribution is 0.242. The molecule has 10 heteroatoms. The van der Waals surface area contributed by atoms with E-state index in [9.17, 15) is 16.8 Å². The van der Waals surface area contributed by atoms with Gasteiger partial charge < -0.3 is 4.74 Å². The molecule has 2 aromatic carbocycles. The molecule has 0 unspecified atom stereocenters. The summed E-state index contributed by atoms with van der Waals surface area (Å²) in [4.78, 5) is 2.25. The molecule has 0 heterocycles. The third-order valence-corrected chi connectivity index (χ3v) is 6.88. The van der Waals surface area contributed by atoms with E-state index in [2.05, 4.69) is 9.93 Å². The van der Waals surface area contributed by atoms with E-state index in [0.717, 1.165) is 9.87 Å². The van der Waals surface area contributed by atoms with Gasteiger partial charge in [0, 0.05) is 19.7 Å². The van der Waals surface area contributed by atoms with Gasteiger partial charge in [0.2, 0.25) is 10.0 Å². The van der Waals surface area contributed by atoms with Gasteiger partial charge >= 0.3 is 0 Å². The lowest BCUT2D eigenvalue weighted by atomic mass is 10.2. The number of aryl methyl sites for hydroxylation is 1. The maximum absolute atomic E-state index is 12.4. The minimum Gasteiger partial charge on any atom is -0.490 e. The van der Waals surface area contributed by atoms with Crippen molar-refractivity contribution in [3.8, 4) is 5.75 Å². The van der Waals surface area contributed by atoms with Crippen LogP contribution in [0.1, 0.15) is 25.0 Å². The predicted molar refractivity (Wildman–Crippen MR) is 112 cm³/mol. The Hall–Kier alpha value is -2.43. The summed E-state index contributed by atoms with van der Waals surface area (Å²) < 4.78 is 56.3. The Balaban J connectivity index is 2.36. The molecule has 0 aromatic heterocycles. The van der Waals surface area contributed by atoms with Crippen molar-refractivity contribution in [1.82, 2.24) is 9.14 Å². The summed E-state index contributed by atoms with van der Waals surface area (Å²) in [5.74, 6) is 0.385. The molecule has 0 fully saturated rings. The molecule has 2 rings (SSSR count). The number of rotatable bonds is 8. The number of sulfonamides is 2. The largest absolute Gasteiger partial charge is 0.490 e. The highest BCUT2D eigenvalue weighted by Crippen LogP contribution is 2.24. The average molecular weight is 440 g/mol. The maximum atomic E-state index is 12.4. The van der Waals surface area contributed by atoms with Crippen LogP contribution in [-0.2, 0) is 20.0 Å². The quantitative estimate of drug-likeness (QED) is 0.502. The molecule has 8 nitrogen and oxygen atoms in total. The minimum absolute atomic E-state index is 0.0430. The fourth-order valence-electron chi connectivity index (χ4n) is 2.30. The molecule has 0 radical (unpaired) electrons. The van der Waals surface area contributed by atoms with Crippen molar-refractivity contribution in [3.63, 3.8) is 0 Å². The van der Waals surface area contributed by atoms with Crippen molar-refractivity contribution >= 4 is 26.3 Å². The highest BCUT2D eigenvalue weighted by molar-refractivity contribution is 7.89. The lowest BCUT2D eigenvalue weighted by Crippen LogP contribution is -2.22.